The number of oxazole rings is 1. The van der Waals surface area contributed by atoms with E-state index in [0.717, 1.165) is 11.1 Å². The van der Waals surface area contributed by atoms with Gasteiger partial charge in [0, 0.05) is 11.1 Å². The van der Waals surface area contributed by atoms with Crippen LogP contribution >= 0.6 is 0 Å². The molecule has 0 aliphatic heterocycles. The van der Waals surface area contributed by atoms with Gasteiger partial charge in [0.15, 0.2) is 11.5 Å². The van der Waals surface area contributed by atoms with Gasteiger partial charge in [0.2, 0.25) is 5.89 Å². The largest absolute Gasteiger partial charge is 0.453 e. The summed E-state index contributed by atoms with van der Waals surface area (Å²) in [7, 11) is 0. The van der Waals surface area contributed by atoms with Crippen LogP contribution in [0.15, 0.2) is 34.9 Å². The first-order valence-corrected chi connectivity index (χ1v) is 8.79. The van der Waals surface area contributed by atoms with Crippen LogP contribution in [0.5, 0.6) is 0 Å². The molecule has 0 fully saturated rings. The van der Waals surface area contributed by atoms with Crippen LogP contribution in [0.4, 0.5) is 19.0 Å². The number of nitrogens with zero attached hydrogens (tertiary/aromatic N) is 5. The number of rotatable bonds is 4. The van der Waals surface area contributed by atoms with Crippen molar-refractivity contribution < 1.29 is 17.6 Å². The van der Waals surface area contributed by atoms with Crippen LogP contribution in [-0.2, 0) is 12.7 Å². The van der Waals surface area contributed by atoms with Crippen molar-refractivity contribution in [1.82, 2.24) is 24.8 Å². The molecular formula is C19H17F3N6O. The van der Waals surface area contributed by atoms with Gasteiger partial charge < -0.3 is 9.73 Å². The van der Waals surface area contributed by atoms with Gasteiger partial charge in [-0.25, -0.2) is 4.98 Å². The number of anilines is 1. The molecule has 0 saturated carbocycles. The zero-order valence-corrected chi connectivity index (χ0v) is 15.9. The van der Waals surface area contributed by atoms with E-state index in [9.17, 15) is 13.2 Å². The number of aryl methyl sites for hydroxylation is 2. The fraction of sp³-hybridized carbons (Fsp3) is 0.263. The van der Waals surface area contributed by atoms with Crippen molar-refractivity contribution in [1.29, 1.82) is 0 Å². The third-order valence-electron chi connectivity index (χ3n) is 4.63. The summed E-state index contributed by atoms with van der Waals surface area (Å²) in [6.07, 6.45) is -3.15. The number of alkyl halides is 3. The van der Waals surface area contributed by atoms with E-state index < -0.39 is 12.0 Å². The molecule has 3 aromatic heterocycles. The van der Waals surface area contributed by atoms with Crippen molar-refractivity contribution in [2.45, 2.75) is 33.5 Å². The summed E-state index contributed by atoms with van der Waals surface area (Å²) in [5.41, 5.74) is 3.88. The van der Waals surface area contributed by atoms with Gasteiger partial charge in [0.25, 0.3) is 5.82 Å². The van der Waals surface area contributed by atoms with Crippen molar-refractivity contribution in [3.05, 3.63) is 58.7 Å². The number of halogens is 3. The van der Waals surface area contributed by atoms with Gasteiger partial charge in [-0.05, 0) is 38.5 Å². The quantitative estimate of drug-likeness (QED) is 0.547. The predicted octanol–water partition coefficient (Wildman–Crippen LogP) is 4.34. The van der Waals surface area contributed by atoms with E-state index in [0.29, 0.717) is 33.0 Å². The van der Waals surface area contributed by atoms with Crippen LogP contribution in [-0.4, -0.2) is 24.8 Å². The van der Waals surface area contributed by atoms with Crippen molar-refractivity contribution in [2.75, 3.05) is 5.32 Å². The zero-order chi connectivity index (χ0) is 20.8. The van der Waals surface area contributed by atoms with Gasteiger partial charge >= 0.3 is 6.18 Å². The third-order valence-corrected chi connectivity index (χ3v) is 4.63. The summed E-state index contributed by atoms with van der Waals surface area (Å²) < 4.78 is 45.7. The summed E-state index contributed by atoms with van der Waals surface area (Å²) in [6.45, 7) is 5.66. The Hall–Kier alpha value is -3.43. The maximum absolute atomic E-state index is 13.1. The Bertz CT molecular complexity index is 1180. The van der Waals surface area contributed by atoms with E-state index in [-0.39, 0.29) is 12.2 Å². The molecule has 1 aromatic carbocycles. The minimum atomic E-state index is -4.65. The second-order valence-corrected chi connectivity index (χ2v) is 6.72. The number of aromatic nitrogens is 5. The Morgan fingerprint density at radius 2 is 1.76 bits per heavy atom. The van der Waals surface area contributed by atoms with E-state index in [1.165, 1.54) is 6.26 Å². The molecule has 0 radical (unpaired) electrons. The molecule has 150 valence electrons. The molecule has 29 heavy (non-hydrogen) atoms. The van der Waals surface area contributed by atoms with Gasteiger partial charge in [0.05, 0.1) is 12.2 Å². The fourth-order valence-electron chi connectivity index (χ4n) is 2.86. The molecule has 0 saturated heterocycles. The number of nitrogens with one attached hydrogen (secondary N) is 1. The Morgan fingerprint density at radius 1 is 1.03 bits per heavy atom. The highest BCUT2D eigenvalue weighted by Gasteiger charge is 2.38. The molecule has 10 heteroatoms. The fourth-order valence-corrected chi connectivity index (χ4v) is 2.86. The lowest BCUT2D eigenvalue weighted by Crippen LogP contribution is -2.15. The number of fused-ring (bicyclic) bond motifs is 1. The van der Waals surface area contributed by atoms with Crippen LogP contribution in [0.1, 0.15) is 28.2 Å². The Labute approximate surface area is 163 Å². The molecule has 3 heterocycles. The molecule has 7 nitrogen and oxygen atoms in total. The average molecular weight is 402 g/mol. The number of hydrogen-bond acceptors (Lipinski definition) is 6. The molecule has 0 spiro atoms. The Kier molecular flexibility index (Phi) is 4.48. The van der Waals surface area contributed by atoms with E-state index in [1.807, 2.05) is 31.2 Å². The minimum Gasteiger partial charge on any atom is -0.444 e. The molecule has 0 aliphatic carbocycles. The molecule has 4 rings (SSSR count). The normalized spacial score (nSPS) is 11.9. The van der Waals surface area contributed by atoms with Crippen LogP contribution in [0.25, 0.3) is 17.1 Å². The first kappa shape index (κ1) is 18.9. The van der Waals surface area contributed by atoms with Crippen LogP contribution < -0.4 is 5.32 Å². The topological polar surface area (TPSA) is 81.1 Å². The smallest absolute Gasteiger partial charge is 0.444 e. The van der Waals surface area contributed by atoms with E-state index in [2.05, 4.69) is 25.6 Å². The lowest BCUT2D eigenvalue weighted by Gasteiger charge is -2.11. The van der Waals surface area contributed by atoms with Gasteiger partial charge in [-0.3, -0.25) is 0 Å². The predicted molar refractivity (Wildman–Crippen MR) is 99.3 cm³/mol. The highest BCUT2D eigenvalue weighted by atomic mass is 19.4. The van der Waals surface area contributed by atoms with Crippen LogP contribution in [0, 0.1) is 20.8 Å². The molecule has 4 aromatic rings. The second kappa shape index (κ2) is 6.87. The molecule has 1 N–H and O–H groups in total. The van der Waals surface area contributed by atoms with Gasteiger partial charge in [-0.15, -0.1) is 15.3 Å². The number of hydrogen-bond donors (Lipinski definition) is 1. The Balaban J connectivity index is 1.60. The lowest BCUT2D eigenvalue weighted by atomic mass is 10.1. The highest BCUT2D eigenvalue weighted by Crippen LogP contribution is 2.30. The summed E-state index contributed by atoms with van der Waals surface area (Å²) in [4.78, 5) is 4.42. The van der Waals surface area contributed by atoms with Crippen molar-refractivity contribution >= 4 is 11.5 Å². The van der Waals surface area contributed by atoms with Crippen molar-refractivity contribution in [2.24, 2.45) is 0 Å². The van der Waals surface area contributed by atoms with Gasteiger partial charge in [-0.1, -0.05) is 17.7 Å². The summed E-state index contributed by atoms with van der Waals surface area (Å²) in [6, 6.07) is 7.73. The SMILES string of the molecule is Cc1ccc(-c2nc(CNc3nn4c(C(F)(F)F)nnc4c(C)c3C)co2)cc1. The molecular weight excluding hydrogens is 385 g/mol. The van der Waals surface area contributed by atoms with Gasteiger partial charge in [0.1, 0.15) is 6.26 Å². The zero-order valence-electron chi connectivity index (χ0n) is 15.9. The third kappa shape index (κ3) is 3.53. The van der Waals surface area contributed by atoms with E-state index in [4.69, 9.17) is 4.42 Å². The lowest BCUT2D eigenvalue weighted by molar-refractivity contribution is -0.146. The first-order chi connectivity index (χ1) is 13.7. The number of benzene rings is 1. The molecule has 0 atom stereocenters. The summed E-state index contributed by atoms with van der Waals surface area (Å²) in [5.74, 6) is -0.404. The molecule has 0 aliphatic rings. The van der Waals surface area contributed by atoms with Crippen LogP contribution in [0.2, 0.25) is 0 Å². The van der Waals surface area contributed by atoms with Crippen molar-refractivity contribution in [3.8, 4) is 11.5 Å². The van der Waals surface area contributed by atoms with Gasteiger partial charge in [-0.2, -0.15) is 17.7 Å². The first-order valence-electron chi connectivity index (χ1n) is 8.79. The molecule has 0 bridgehead atoms. The van der Waals surface area contributed by atoms with E-state index in [1.54, 1.807) is 13.8 Å². The summed E-state index contributed by atoms with van der Waals surface area (Å²) >= 11 is 0. The average Bonchev–Trinajstić information content (AvgIpc) is 3.31. The van der Waals surface area contributed by atoms with E-state index >= 15 is 0 Å². The second-order valence-electron chi connectivity index (χ2n) is 6.72. The maximum Gasteiger partial charge on any atom is 0.453 e. The maximum atomic E-state index is 13.1. The minimum absolute atomic E-state index is 0.0727. The Morgan fingerprint density at radius 3 is 2.45 bits per heavy atom. The van der Waals surface area contributed by atoms with Crippen molar-refractivity contribution in [3.63, 3.8) is 0 Å². The molecule has 0 amide bonds. The summed E-state index contributed by atoms with van der Waals surface area (Å²) in [5, 5.41) is 13.9. The van der Waals surface area contributed by atoms with Crippen LogP contribution in [0.3, 0.4) is 0 Å². The highest BCUT2D eigenvalue weighted by molar-refractivity contribution is 5.58. The molecule has 0 unspecified atom stereocenters. The monoisotopic (exact) mass is 402 g/mol. The standard InChI is InChI=1S/C19H17F3N6O/c1-10-4-6-13(7-5-10)17-24-14(9-29-17)8-23-15-11(2)12(3)16-25-26-18(19(20,21)22)28(16)27-15/h4-7,9H,8H2,1-3H3,(H,23,27).